The summed E-state index contributed by atoms with van der Waals surface area (Å²) in [6.45, 7) is 7.99. The summed E-state index contributed by atoms with van der Waals surface area (Å²) in [4.78, 5) is 0. The van der Waals surface area contributed by atoms with E-state index in [1.807, 2.05) is 6.20 Å². The van der Waals surface area contributed by atoms with Crippen molar-refractivity contribution in [3.05, 3.63) is 12.3 Å². The van der Waals surface area contributed by atoms with Crippen LogP contribution in [-0.2, 0) is 0 Å². The van der Waals surface area contributed by atoms with Crippen LogP contribution in [0.25, 0.3) is 0 Å². The minimum atomic E-state index is 0.103. The van der Waals surface area contributed by atoms with Crippen LogP contribution in [0.4, 0.5) is 0 Å². The predicted octanol–water partition coefficient (Wildman–Crippen LogP) is 1.93. The molecule has 0 rings (SSSR count). The van der Waals surface area contributed by atoms with Gasteiger partial charge in [0, 0.05) is 11.3 Å². The average Bonchev–Trinajstić information content (AvgIpc) is 1.59. The zero-order valence-corrected chi connectivity index (χ0v) is 7.15. The summed E-state index contributed by atoms with van der Waals surface area (Å²) in [5, 5.41) is 10.2. The van der Waals surface area contributed by atoms with Crippen LogP contribution in [0.15, 0.2) is 12.3 Å². The second-order valence-corrected chi connectivity index (χ2v) is 3.41. The van der Waals surface area contributed by atoms with Gasteiger partial charge in [-0.15, -0.1) is 0 Å². The number of hydrogen-bond donors (Lipinski definition) is 2. The summed E-state index contributed by atoms with van der Waals surface area (Å²) in [6, 6.07) is 0. The van der Waals surface area contributed by atoms with Crippen LogP contribution in [-0.4, -0.2) is 11.3 Å². The Kier molecular flexibility index (Phi) is 3.13. The summed E-state index contributed by atoms with van der Waals surface area (Å²) >= 11 is 0. The Morgan fingerprint density at radius 1 is 1.40 bits per heavy atom. The lowest BCUT2D eigenvalue weighted by atomic mass is 10.1. The molecule has 0 saturated carbocycles. The minimum Gasteiger partial charge on any atom is -0.386 e. The van der Waals surface area contributed by atoms with Crippen molar-refractivity contribution < 1.29 is 0 Å². The van der Waals surface area contributed by atoms with Crippen LogP contribution in [0.5, 0.6) is 0 Å². The Labute approximate surface area is 62.8 Å². The van der Waals surface area contributed by atoms with Gasteiger partial charge in [-0.1, -0.05) is 0 Å². The Hall–Kier alpha value is -0.790. The van der Waals surface area contributed by atoms with E-state index in [2.05, 4.69) is 26.1 Å². The molecule has 0 radical (unpaired) electrons. The maximum absolute atomic E-state index is 7.08. The van der Waals surface area contributed by atoms with Crippen molar-refractivity contribution in [1.29, 1.82) is 5.41 Å². The van der Waals surface area contributed by atoms with Crippen molar-refractivity contribution in [2.24, 2.45) is 0 Å². The van der Waals surface area contributed by atoms with Gasteiger partial charge in [0.05, 0.1) is 0 Å². The van der Waals surface area contributed by atoms with Gasteiger partial charge in [0.15, 0.2) is 0 Å². The van der Waals surface area contributed by atoms with Gasteiger partial charge in [-0.2, -0.15) is 0 Å². The minimum absolute atomic E-state index is 0.103. The van der Waals surface area contributed by atoms with Gasteiger partial charge in [0.25, 0.3) is 0 Å². The molecule has 2 nitrogen and oxygen atoms in total. The summed E-state index contributed by atoms with van der Waals surface area (Å²) in [7, 11) is 0. The standard InChI is InChI=1S/C8H16N2/c1-7(9)5-6-10-8(2,3)4/h5-6,9-10H,1-4H3/b6-5-,9-7?. The fourth-order valence-electron chi connectivity index (χ4n) is 0.417. The third-order valence-corrected chi connectivity index (χ3v) is 0.850. The lowest BCUT2D eigenvalue weighted by Crippen LogP contribution is -2.31. The maximum Gasteiger partial charge on any atom is 0.0297 e. The monoisotopic (exact) mass is 140 g/mol. The summed E-state index contributed by atoms with van der Waals surface area (Å²) < 4.78 is 0. The van der Waals surface area contributed by atoms with Crippen molar-refractivity contribution in [2.75, 3.05) is 0 Å². The summed E-state index contributed by atoms with van der Waals surface area (Å²) in [5.41, 5.74) is 0.670. The average molecular weight is 140 g/mol. The fourth-order valence-corrected chi connectivity index (χ4v) is 0.417. The highest BCUT2D eigenvalue weighted by Gasteiger charge is 2.03. The van der Waals surface area contributed by atoms with E-state index < -0.39 is 0 Å². The molecule has 2 N–H and O–H groups in total. The van der Waals surface area contributed by atoms with Crippen molar-refractivity contribution >= 4 is 5.71 Å². The maximum atomic E-state index is 7.08. The van der Waals surface area contributed by atoms with Gasteiger partial charge >= 0.3 is 0 Å². The molecule has 0 atom stereocenters. The molecular formula is C8H16N2. The van der Waals surface area contributed by atoms with E-state index in [9.17, 15) is 0 Å². The van der Waals surface area contributed by atoms with Gasteiger partial charge in [0.2, 0.25) is 0 Å². The van der Waals surface area contributed by atoms with Crippen LogP contribution >= 0.6 is 0 Å². The molecule has 0 fully saturated rings. The highest BCUT2D eigenvalue weighted by molar-refractivity contribution is 5.89. The zero-order valence-electron chi connectivity index (χ0n) is 7.15. The lowest BCUT2D eigenvalue weighted by molar-refractivity contribution is 0.491. The highest BCUT2D eigenvalue weighted by Crippen LogP contribution is 1.97. The lowest BCUT2D eigenvalue weighted by Gasteiger charge is -2.18. The van der Waals surface area contributed by atoms with Gasteiger partial charge in [-0.25, -0.2) is 0 Å². The molecule has 0 aromatic heterocycles. The first kappa shape index (κ1) is 9.21. The SMILES string of the molecule is CC(=N)/C=C\NC(C)(C)C. The largest absolute Gasteiger partial charge is 0.386 e. The number of rotatable bonds is 2. The molecule has 2 heteroatoms. The first-order chi connectivity index (χ1) is 4.42. The van der Waals surface area contributed by atoms with Crippen molar-refractivity contribution in [3.8, 4) is 0 Å². The van der Waals surface area contributed by atoms with Gasteiger partial charge in [0.1, 0.15) is 0 Å². The summed E-state index contributed by atoms with van der Waals surface area (Å²) in [5.74, 6) is 0. The molecule has 0 heterocycles. The fraction of sp³-hybridized carbons (Fsp3) is 0.625. The molecule has 0 spiro atoms. The van der Waals surface area contributed by atoms with Crippen LogP contribution < -0.4 is 5.32 Å². The topological polar surface area (TPSA) is 35.9 Å². The first-order valence-corrected chi connectivity index (χ1v) is 3.41. The zero-order chi connectivity index (χ0) is 8.20. The molecule has 0 aliphatic carbocycles. The molecule has 58 valence electrons. The van der Waals surface area contributed by atoms with Gasteiger partial charge in [-0.05, 0) is 40.0 Å². The highest BCUT2D eigenvalue weighted by atomic mass is 14.9. The number of nitrogens with one attached hydrogen (secondary N) is 2. The Morgan fingerprint density at radius 2 is 1.90 bits per heavy atom. The molecule has 0 saturated heterocycles. The van der Waals surface area contributed by atoms with E-state index in [0.717, 1.165) is 0 Å². The van der Waals surface area contributed by atoms with E-state index in [1.165, 1.54) is 0 Å². The van der Waals surface area contributed by atoms with Gasteiger partial charge < -0.3 is 10.7 Å². The molecule has 0 bridgehead atoms. The molecule has 0 aromatic carbocycles. The smallest absolute Gasteiger partial charge is 0.0297 e. The Morgan fingerprint density at radius 3 is 2.20 bits per heavy atom. The van der Waals surface area contributed by atoms with Crippen molar-refractivity contribution in [3.63, 3.8) is 0 Å². The van der Waals surface area contributed by atoms with Crippen LogP contribution in [0, 0.1) is 5.41 Å². The second kappa shape index (κ2) is 3.40. The predicted molar refractivity (Wildman–Crippen MR) is 45.4 cm³/mol. The van der Waals surface area contributed by atoms with E-state index >= 15 is 0 Å². The quantitative estimate of drug-likeness (QED) is 0.565. The van der Waals surface area contributed by atoms with E-state index in [0.29, 0.717) is 5.71 Å². The summed E-state index contributed by atoms with van der Waals surface area (Å²) in [6.07, 6.45) is 3.55. The van der Waals surface area contributed by atoms with E-state index in [-0.39, 0.29) is 5.54 Å². The van der Waals surface area contributed by atoms with E-state index in [1.54, 1.807) is 13.0 Å². The van der Waals surface area contributed by atoms with Crippen LogP contribution in [0.2, 0.25) is 0 Å². The third-order valence-electron chi connectivity index (χ3n) is 0.850. The Balaban J connectivity index is 3.64. The molecule has 0 aliphatic heterocycles. The third kappa shape index (κ3) is 7.21. The van der Waals surface area contributed by atoms with E-state index in [4.69, 9.17) is 5.41 Å². The molecule has 0 aromatic rings. The Bertz CT molecular complexity index is 140. The first-order valence-electron chi connectivity index (χ1n) is 3.41. The normalized spacial score (nSPS) is 12.0. The second-order valence-electron chi connectivity index (χ2n) is 3.41. The van der Waals surface area contributed by atoms with Gasteiger partial charge in [-0.3, -0.25) is 0 Å². The molecule has 0 unspecified atom stereocenters. The molecule has 0 amide bonds. The van der Waals surface area contributed by atoms with Crippen LogP contribution in [0.3, 0.4) is 0 Å². The molecule has 0 aliphatic rings. The number of allylic oxidation sites excluding steroid dienone is 1. The molecular weight excluding hydrogens is 124 g/mol. The van der Waals surface area contributed by atoms with Crippen LogP contribution in [0.1, 0.15) is 27.7 Å². The van der Waals surface area contributed by atoms with Crippen molar-refractivity contribution in [1.82, 2.24) is 5.32 Å². The van der Waals surface area contributed by atoms with Crippen molar-refractivity contribution in [2.45, 2.75) is 33.2 Å². The molecule has 10 heavy (non-hydrogen) atoms. The number of hydrogen-bond acceptors (Lipinski definition) is 2.